The molecule has 252 valence electrons. The summed E-state index contributed by atoms with van der Waals surface area (Å²) < 4.78 is 29.2. The van der Waals surface area contributed by atoms with Crippen molar-refractivity contribution in [2.45, 2.75) is 100 Å². The van der Waals surface area contributed by atoms with Crippen LogP contribution in [0, 0.1) is 0 Å². The highest BCUT2D eigenvalue weighted by Gasteiger charge is 2.68. The van der Waals surface area contributed by atoms with Gasteiger partial charge in [0, 0.05) is 23.2 Å². The van der Waals surface area contributed by atoms with Crippen molar-refractivity contribution < 1.29 is 18.9 Å². The average molecular weight is 681 g/mol. The predicted octanol–water partition coefficient (Wildman–Crippen LogP) is 8.39. The van der Waals surface area contributed by atoms with Gasteiger partial charge in [-0.15, -0.1) is 0 Å². The topological polar surface area (TPSA) is 36.9 Å². The highest BCUT2D eigenvalue weighted by Crippen LogP contribution is 2.62. The standard InChI is InChI=1S/C42H50O4P2/c1-39(2,47(33-21-9-5-10-22-33)34-23-11-6-12-24-34)37-38(46-42(30-18-20-32-44-42)41(45-37)29-17-19-31-43-41)40(3,4)48(35-25-13-7-14-26-35)36-27-15-8-16-28-36/h5-16,21-28,37-38H,17-20,29-32H2,1-4H3. The van der Waals surface area contributed by atoms with E-state index in [0.29, 0.717) is 13.2 Å². The van der Waals surface area contributed by atoms with E-state index in [1.54, 1.807) is 0 Å². The van der Waals surface area contributed by atoms with Gasteiger partial charge in [-0.05, 0) is 62.7 Å². The lowest BCUT2D eigenvalue weighted by Gasteiger charge is -2.63. The molecular formula is C42H50O4P2. The summed E-state index contributed by atoms with van der Waals surface area (Å²) in [6.07, 6.45) is 5.08. The molecule has 3 saturated heterocycles. The first-order valence-corrected chi connectivity index (χ1v) is 20.4. The van der Waals surface area contributed by atoms with E-state index in [0.717, 1.165) is 38.5 Å². The van der Waals surface area contributed by atoms with Crippen LogP contribution in [0.1, 0.15) is 66.2 Å². The van der Waals surface area contributed by atoms with Crippen molar-refractivity contribution in [3.05, 3.63) is 121 Å². The van der Waals surface area contributed by atoms with E-state index in [1.165, 1.54) is 21.2 Å². The maximum Gasteiger partial charge on any atom is 0.224 e. The quantitative estimate of drug-likeness (QED) is 0.175. The maximum atomic E-state index is 7.77. The van der Waals surface area contributed by atoms with Gasteiger partial charge in [0.25, 0.3) is 0 Å². The van der Waals surface area contributed by atoms with Crippen LogP contribution in [-0.2, 0) is 18.9 Å². The zero-order valence-electron chi connectivity index (χ0n) is 28.9. The normalized spacial score (nSPS) is 26.7. The van der Waals surface area contributed by atoms with Gasteiger partial charge in [-0.3, -0.25) is 0 Å². The van der Waals surface area contributed by atoms with Gasteiger partial charge in [-0.25, -0.2) is 0 Å². The molecule has 7 rings (SSSR count). The third-order valence-electron chi connectivity index (χ3n) is 10.6. The summed E-state index contributed by atoms with van der Waals surface area (Å²) >= 11 is 0. The number of benzene rings is 4. The Morgan fingerprint density at radius 1 is 0.458 bits per heavy atom. The Morgan fingerprint density at radius 2 is 0.750 bits per heavy atom. The SMILES string of the molecule is CC(C)(C1OC2(CCCCO2)C2(CCCCO2)OC1C(C)(C)P(c1ccccc1)c1ccccc1)P(c1ccccc1)c1ccccc1. The first-order chi connectivity index (χ1) is 23.3. The maximum absolute atomic E-state index is 7.77. The Hall–Kier alpha value is -2.42. The Balaban J connectivity index is 1.43. The number of fused-ring (bicyclic) bond motifs is 1. The molecule has 4 aromatic carbocycles. The van der Waals surface area contributed by atoms with Gasteiger partial charge in [0.15, 0.2) is 0 Å². The second kappa shape index (κ2) is 14.1. The van der Waals surface area contributed by atoms with Crippen molar-refractivity contribution in [3.63, 3.8) is 0 Å². The minimum Gasteiger partial charge on any atom is -0.345 e. The zero-order valence-corrected chi connectivity index (χ0v) is 30.7. The molecular weight excluding hydrogens is 630 g/mol. The van der Waals surface area contributed by atoms with Crippen molar-refractivity contribution >= 4 is 37.1 Å². The molecule has 4 aromatic rings. The summed E-state index contributed by atoms with van der Waals surface area (Å²) in [5.41, 5.74) is 0. The van der Waals surface area contributed by atoms with Crippen LogP contribution in [0.3, 0.4) is 0 Å². The van der Waals surface area contributed by atoms with Gasteiger partial charge < -0.3 is 18.9 Å². The summed E-state index contributed by atoms with van der Waals surface area (Å²) in [6.45, 7) is 11.0. The van der Waals surface area contributed by atoms with Crippen molar-refractivity contribution in [1.29, 1.82) is 0 Å². The van der Waals surface area contributed by atoms with E-state index in [1.807, 2.05) is 0 Å². The predicted molar refractivity (Wildman–Crippen MR) is 201 cm³/mol. The first kappa shape index (κ1) is 34.0. The van der Waals surface area contributed by atoms with Crippen molar-refractivity contribution in [3.8, 4) is 0 Å². The van der Waals surface area contributed by atoms with E-state index in [2.05, 4.69) is 149 Å². The Bertz CT molecular complexity index is 1400. The molecule has 4 atom stereocenters. The highest BCUT2D eigenvalue weighted by molar-refractivity contribution is 7.75. The molecule has 0 aromatic heterocycles. The monoisotopic (exact) mass is 680 g/mol. The minimum atomic E-state index is -0.948. The Morgan fingerprint density at radius 3 is 1.00 bits per heavy atom. The summed E-state index contributed by atoms with van der Waals surface area (Å²) in [4.78, 5) is 0. The third kappa shape index (κ3) is 6.23. The van der Waals surface area contributed by atoms with Crippen molar-refractivity contribution in [2.24, 2.45) is 0 Å². The lowest BCUT2D eigenvalue weighted by Crippen LogP contribution is -2.75. The molecule has 6 heteroatoms. The van der Waals surface area contributed by atoms with E-state index < -0.39 is 27.4 Å². The lowest BCUT2D eigenvalue weighted by atomic mass is 9.84. The number of hydrogen-bond acceptors (Lipinski definition) is 4. The molecule has 4 nitrogen and oxygen atoms in total. The largest absolute Gasteiger partial charge is 0.345 e. The van der Waals surface area contributed by atoms with Crippen molar-refractivity contribution in [1.82, 2.24) is 0 Å². The van der Waals surface area contributed by atoms with Gasteiger partial charge in [-0.2, -0.15) is 0 Å². The molecule has 2 spiro atoms. The molecule has 0 saturated carbocycles. The van der Waals surface area contributed by atoms with Gasteiger partial charge in [0.2, 0.25) is 11.6 Å². The molecule has 48 heavy (non-hydrogen) atoms. The van der Waals surface area contributed by atoms with Gasteiger partial charge in [0.1, 0.15) is 0 Å². The van der Waals surface area contributed by atoms with Gasteiger partial charge in [0.05, 0.1) is 25.4 Å². The number of hydrogen-bond donors (Lipinski definition) is 0. The van der Waals surface area contributed by atoms with Gasteiger partial charge in [-0.1, -0.05) is 149 Å². The van der Waals surface area contributed by atoms with Crippen LogP contribution in [0.5, 0.6) is 0 Å². The summed E-state index contributed by atoms with van der Waals surface area (Å²) in [5, 5.41) is 4.65. The summed E-state index contributed by atoms with van der Waals surface area (Å²) in [7, 11) is -1.76. The molecule has 0 amide bonds. The molecule has 0 aliphatic carbocycles. The lowest BCUT2D eigenvalue weighted by molar-refractivity contribution is -0.484. The molecule has 0 N–H and O–H groups in total. The Labute approximate surface area is 290 Å². The van der Waals surface area contributed by atoms with E-state index >= 15 is 0 Å². The Kier molecular flexibility index (Phi) is 9.98. The average Bonchev–Trinajstić information content (AvgIpc) is 3.12. The fourth-order valence-electron chi connectivity index (χ4n) is 8.26. The number of rotatable bonds is 8. The minimum absolute atomic E-state index is 0.286. The molecule has 3 aliphatic heterocycles. The number of ether oxygens (including phenoxy) is 4. The van der Waals surface area contributed by atoms with Crippen LogP contribution < -0.4 is 21.2 Å². The molecule has 4 unspecified atom stereocenters. The van der Waals surface area contributed by atoms with E-state index in [-0.39, 0.29) is 22.5 Å². The fraction of sp³-hybridized carbons (Fsp3) is 0.429. The van der Waals surface area contributed by atoms with Crippen LogP contribution >= 0.6 is 15.8 Å². The van der Waals surface area contributed by atoms with Crippen LogP contribution in [-0.4, -0.2) is 47.3 Å². The van der Waals surface area contributed by atoms with Crippen LogP contribution in [0.4, 0.5) is 0 Å². The second-order valence-electron chi connectivity index (χ2n) is 14.5. The molecule has 0 radical (unpaired) electrons. The van der Waals surface area contributed by atoms with E-state index in [4.69, 9.17) is 18.9 Å². The summed E-state index contributed by atoms with van der Waals surface area (Å²) in [5.74, 6) is -1.90. The third-order valence-corrected chi connectivity index (χ3v) is 16.6. The smallest absolute Gasteiger partial charge is 0.224 e. The van der Waals surface area contributed by atoms with Crippen molar-refractivity contribution in [2.75, 3.05) is 13.2 Å². The van der Waals surface area contributed by atoms with Crippen LogP contribution in [0.25, 0.3) is 0 Å². The fourth-order valence-corrected chi connectivity index (χ4v) is 14.3. The molecule has 3 fully saturated rings. The highest BCUT2D eigenvalue weighted by atomic mass is 31.1. The van der Waals surface area contributed by atoms with Gasteiger partial charge >= 0.3 is 0 Å². The van der Waals surface area contributed by atoms with E-state index in [9.17, 15) is 0 Å². The first-order valence-electron chi connectivity index (χ1n) is 17.7. The van der Waals surface area contributed by atoms with Crippen LogP contribution in [0.15, 0.2) is 121 Å². The second-order valence-corrected chi connectivity index (χ2v) is 20.2. The summed E-state index contributed by atoms with van der Waals surface area (Å²) in [6, 6.07) is 44.2. The molecule has 3 aliphatic rings. The molecule has 3 heterocycles. The molecule has 0 bridgehead atoms. The zero-order chi connectivity index (χ0) is 33.2. The van der Waals surface area contributed by atoms with Crippen LogP contribution in [0.2, 0.25) is 0 Å².